The van der Waals surface area contributed by atoms with Crippen LogP contribution in [0.5, 0.6) is 0 Å². The molecule has 1 nitrogen and oxygen atoms in total. The molecule has 2 saturated heterocycles. The zero-order valence-electron chi connectivity index (χ0n) is 6.98. The van der Waals surface area contributed by atoms with Crippen LogP contribution in [0.4, 0.5) is 0 Å². The molecule has 0 aromatic carbocycles. The number of nitrogens with zero attached hydrogens (tertiary/aromatic N) is 1. The van der Waals surface area contributed by atoms with Crippen LogP contribution in [0.25, 0.3) is 0 Å². The summed E-state index contributed by atoms with van der Waals surface area (Å²) in [7, 11) is 0. The first-order valence-electron chi connectivity index (χ1n) is 4.75. The Labute approximate surface area is 82.7 Å². The second kappa shape index (κ2) is 3.21. The lowest BCUT2D eigenvalue weighted by atomic mass is 9.93. The van der Waals surface area contributed by atoms with Gasteiger partial charge < -0.3 is 0 Å². The number of hydrogen-bond donors (Lipinski definition) is 0. The molecule has 0 aromatic rings. The minimum Gasteiger partial charge on any atom is -0.289 e. The molecule has 64 valence electrons. The minimum absolute atomic E-state index is 0.578. The van der Waals surface area contributed by atoms with Crippen LogP contribution in [0.15, 0.2) is 0 Å². The molecule has 2 aliphatic heterocycles. The molecule has 2 heteroatoms. The lowest BCUT2D eigenvalue weighted by Gasteiger charge is -2.46. The van der Waals surface area contributed by atoms with Crippen molar-refractivity contribution >= 4 is 22.6 Å². The second-order valence-corrected chi connectivity index (χ2v) is 5.83. The van der Waals surface area contributed by atoms with Crippen LogP contribution >= 0.6 is 22.6 Å². The number of fused-ring (bicyclic) bond motifs is 1. The first-order chi connectivity index (χ1) is 5.31. The molecule has 0 unspecified atom stereocenters. The van der Waals surface area contributed by atoms with Gasteiger partial charge in [-0.2, -0.15) is 0 Å². The summed E-state index contributed by atoms with van der Waals surface area (Å²) in [5.41, 5.74) is 0. The first kappa shape index (κ1) is 8.30. The number of hydrogen-bond acceptors (Lipinski definition) is 1. The maximum atomic E-state index is 2.71. The van der Waals surface area contributed by atoms with Crippen molar-refractivity contribution in [2.45, 2.75) is 42.1 Å². The van der Waals surface area contributed by atoms with Gasteiger partial charge in [-0.1, -0.05) is 22.6 Å². The summed E-state index contributed by atoms with van der Waals surface area (Å²) in [5.74, 6) is 0. The molecular weight excluding hydrogens is 249 g/mol. The maximum Gasteiger partial charge on any atom is 0.0730 e. The highest BCUT2D eigenvalue weighted by molar-refractivity contribution is 14.1. The van der Waals surface area contributed by atoms with E-state index in [2.05, 4.69) is 27.5 Å². The highest BCUT2D eigenvalue weighted by Crippen LogP contribution is 2.41. The summed E-state index contributed by atoms with van der Waals surface area (Å²) < 4.78 is 0.578. The van der Waals surface area contributed by atoms with Gasteiger partial charge in [0, 0.05) is 0 Å². The van der Waals surface area contributed by atoms with E-state index in [9.17, 15) is 0 Å². The van der Waals surface area contributed by atoms with Crippen LogP contribution in [0.1, 0.15) is 38.5 Å². The molecule has 11 heavy (non-hydrogen) atoms. The molecule has 2 fully saturated rings. The Morgan fingerprint density at radius 3 is 1.91 bits per heavy atom. The van der Waals surface area contributed by atoms with Crippen molar-refractivity contribution in [1.29, 1.82) is 0 Å². The Bertz CT molecular complexity index is 134. The summed E-state index contributed by atoms with van der Waals surface area (Å²) in [5, 5.41) is 0. The molecule has 0 aromatic heterocycles. The summed E-state index contributed by atoms with van der Waals surface area (Å²) in [6, 6.07) is 0. The van der Waals surface area contributed by atoms with Crippen LogP contribution in [-0.4, -0.2) is 21.5 Å². The zero-order valence-corrected chi connectivity index (χ0v) is 9.14. The monoisotopic (exact) mass is 265 g/mol. The van der Waals surface area contributed by atoms with Crippen molar-refractivity contribution < 1.29 is 0 Å². The van der Waals surface area contributed by atoms with Crippen LogP contribution in [0.3, 0.4) is 0 Å². The quantitative estimate of drug-likeness (QED) is 0.370. The Kier molecular flexibility index (Phi) is 2.42. The van der Waals surface area contributed by atoms with Crippen molar-refractivity contribution in [2.24, 2.45) is 0 Å². The third-order valence-corrected chi connectivity index (χ3v) is 4.80. The summed E-state index contributed by atoms with van der Waals surface area (Å²) in [4.78, 5) is 2.71. The van der Waals surface area contributed by atoms with Gasteiger partial charge in [-0.15, -0.1) is 0 Å². The van der Waals surface area contributed by atoms with Gasteiger partial charge in [-0.3, -0.25) is 4.90 Å². The van der Waals surface area contributed by atoms with E-state index >= 15 is 0 Å². The van der Waals surface area contributed by atoms with Crippen molar-refractivity contribution in [3.05, 3.63) is 0 Å². The van der Waals surface area contributed by atoms with E-state index in [1.165, 1.54) is 51.6 Å². The molecule has 2 heterocycles. The standard InChI is InChI=1S/C9H16IN/c10-9-5-1-3-7-11(9)8-4-2-6-9/h1-8H2. The Balaban J connectivity index is 2.06. The van der Waals surface area contributed by atoms with E-state index in [-0.39, 0.29) is 0 Å². The summed E-state index contributed by atoms with van der Waals surface area (Å²) in [6.45, 7) is 2.73. The average molecular weight is 265 g/mol. The van der Waals surface area contributed by atoms with E-state index in [1.54, 1.807) is 0 Å². The maximum absolute atomic E-state index is 2.71. The fraction of sp³-hybridized carbons (Fsp3) is 1.00. The molecule has 0 atom stereocenters. The van der Waals surface area contributed by atoms with E-state index in [0.29, 0.717) is 3.55 Å². The van der Waals surface area contributed by atoms with Crippen LogP contribution < -0.4 is 0 Å². The van der Waals surface area contributed by atoms with Gasteiger partial charge in [-0.25, -0.2) is 0 Å². The van der Waals surface area contributed by atoms with Crippen molar-refractivity contribution in [3.63, 3.8) is 0 Å². The van der Waals surface area contributed by atoms with E-state index in [1.807, 2.05) is 0 Å². The predicted molar refractivity (Wildman–Crippen MR) is 56.0 cm³/mol. The van der Waals surface area contributed by atoms with E-state index < -0.39 is 0 Å². The highest BCUT2D eigenvalue weighted by atomic mass is 127. The molecule has 0 aliphatic carbocycles. The predicted octanol–water partition coefficient (Wildman–Crippen LogP) is 2.79. The molecule has 0 amide bonds. The van der Waals surface area contributed by atoms with Crippen LogP contribution in [0.2, 0.25) is 0 Å². The molecule has 0 saturated carbocycles. The van der Waals surface area contributed by atoms with Crippen LogP contribution in [-0.2, 0) is 0 Å². The SMILES string of the molecule is IC12CCCCN1CCCC2. The molecule has 2 rings (SSSR count). The van der Waals surface area contributed by atoms with Gasteiger partial charge in [0.25, 0.3) is 0 Å². The second-order valence-electron chi connectivity index (χ2n) is 3.82. The minimum atomic E-state index is 0.578. The lowest BCUT2D eigenvalue weighted by molar-refractivity contribution is 0.0957. The fourth-order valence-corrected chi connectivity index (χ4v) is 3.60. The smallest absolute Gasteiger partial charge is 0.0730 e. The largest absolute Gasteiger partial charge is 0.289 e. The van der Waals surface area contributed by atoms with E-state index in [4.69, 9.17) is 0 Å². The fourth-order valence-electron chi connectivity index (χ4n) is 2.35. The zero-order chi connectivity index (χ0) is 7.73. The third-order valence-electron chi connectivity index (χ3n) is 3.04. The van der Waals surface area contributed by atoms with Gasteiger partial charge in [0.2, 0.25) is 0 Å². The van der Waals surface area contributed by atoms with Gasteiger partial charge in [0.15, 0.2) is 0 Å². The van der Waals surface area contributed by atoms with Gasteiger partial charge in [0.05, 0.1) is 3.55 Å². The molecule has 0 radical (unpaired) electrons. The molecular formula is C9H16IN. The number of alkyl halides is 1. The molecule has 0 spiro atoms. The Morgan fingerprint density at radius 2 is 1.45 bits per heavy atom. The Morgan fingerprint density at radius 1 is 0.909 bits per heavy atom. The highest BCUT2D eigenvalue weighted by Gasteiger charge is 2.37. The summed E-state index contributed by atoms with van der Waals surface area (Å²) >= 11 is 2.69. The number of piperidine rings is 2. The van der Waals surface area contributed by atoms with Crippen molar-refractivity contribution in [3.8, 4) is 0 Å². The van der Waals surface area contributed by atoms with Crippen molar-refractivity contribution in [2.75, 3.05) is 13.1 Å². The number of halogens is 1. The summed E-state index contributed by atoms with van der Waals surface area (Å²) in [6.07, 6.45) is 8.66. The Hall–Kier alpha value is 0.690. The normalized spacial score (nSPS) is 31.4. The average Bonchev–Trinajstić information content (AvgIpc) is 2.03. The molecule has 0 N–H and O–H groups in total. The third kappa shape index (κ3) is 1.57. The van der Waals surface area contributed by atoms with Crippen LogP contribution in [0, 0.1) is 0 Å². The molecule has 0 bridgehead atoms. The van der Waals surface area contributed by atoms with E-state index in [0.717, 1.165) is 0 Å². The van der Waals surface area contributed by atoms with Crippen molar-refractivity contribution in [1.82, 2.24) is 4.90 Å². The molecule has 2 aliphatic rings. The topological polar surface area (TPSA) is 3.24 Å². The lowest BCUT2D eigenvalue weighted by Crippen LogP contribution is -2.49. The number of rotatable bonds is 0. The van der Waals surface area contributed by atoms with Gasteiger partial charge in [0.1, 0.15) is 0 Å². The van der Waals surface area contributed by atoms with Gasteiger partial charge >= 0.3 is 0 Å². The van der Waals surface area contributed by atoms with Gasteiger partial charge in [-0.05, 0) is 51.6 Å². The first-order valence-corrected chi connectivity index (χ1v) is 5.83.